The molecular weight excluding hydrogens is 409 g/mol. The van der Waals surface area contributed by atoms with E-state index in [-0.39, 0.29) is 18.4 Å². The van der Waals surface area contributed by atoms with Crippen molar-refractivity contribution in [3.8, 4) is 5.88 Å². The zero-order valence-electron chi connectivity index (χ0n) is 18.3. The van der Waals surface area contributed by atoms with E-state index >= 15 is 0 Å². The number of hydrogen-bond donors (Lipinski definition) is 0. The van der Waals surface area contributed by atoms with Crippen molar-refractivity contribution < 1.29 is 18.7 Å². The molecule has 2 aliphatic rings. The average molecular weight is 433 g/mol. The van der Waals surface area contributed by atoms with E-state index in [0.717, 1.165) is 22.5 Å². The van der Waals surface area contributed by atoms with Crippen molar-refractivity contribution in [2.75, 3.05) is 36.8 Å². The molecule has 0 spiro atoms. The van der Waals surface area contributed by atoms with Crippen LogP contribution < -0.4 is 14.5 Å². The third kappa shape index (κ3) is 3.39. The van der Waals surface area contributed by atoms with Crippen LogP contribution in [0.5, 0.6) is 5.88 Å². The van der Waals surface area contributed by atoms with Crippen LogP contribution in [0.2, 0.25) is 0 Å². The van der Waals surface area contributed by atoms with Crippen molar-refractivity contribution in [3.63, 3.8) is 0 Å². The highest BCUT2D eigenvalue weighted by atomic mass is 19.1. The topological polar surface area (TPSA) is 54.9 Å². The smallest absolute Gasteiger partial charge is 0.261 e. The Kier molecular flexibility index (Phi) is 5.06. The summed E-state index contributed by atoms with van der Waals surface area (Å²) in [6.45, 7) is 5.39. The number of methoxy groups -OCH3 is 1. The van der Waals surface area contributed by atoms with E-state index in [4.69, 9.17) is 9.47 Å². The first kappa shape index (κ1) is 20.5. The van der Waals surface area contributed by atoms with Gasteiger partial charge >= 0.3 is 0 Å². The van der Waals surface area contributed by atoms with Crippen LogP contribution >= 0.6 is 0 Å². The Morgan fingerprint density at radius 2 is 1.78 bits per heavy atom. The molecule has 1 aromatic heterocycles. The van der Waals surface area contributed by atoms with Gasteiger partial charge in [0.05, 0.1) is 43.0 Å². The van der Waals surface area contributed by atoms with Gasteiger partial charge in [0.25, 0.3) is 5.91 Å². The summed E-state index contributed by atoms with van der Waals surface area (Å²) in [4.78, 5) is 21.8. The zero-order valence-corrected chi connectivity index (χ0v) is 18.3. The average Bonchev–Trinajstić information content (AvgIpc) is 2.74. The SMILES string of the molecule is COc1ccc(N2CN(c3ccc(F)cc3C)c3cc(C4COC4)ccc3C2=O)c(C)n1. The van der Waals surface area contributed by atoms with Crippen molar-refractivity contribution in [2.24, 2.45) is 0 Å². The lowest BCUT2D eigenvalue weighted by Crippen LogP contribution is -2.45. The molecular formula is C25H24FN3O3. The van der Waals surface area contributed by atoms with E-state index in [0.29, 0.717) is 42.0 Å². The molecule has 32 heavy (non-hydrogen) atoms. The lowest BCUT2D eigenvalue weighted by molar-refractivity contribution is 0.00843. The first-order valence-corrected chi connectivity index (χ1v) is 10.5. The molecule has 0 saturated carbocycles. The van der Waals surface area contributed by atoms with Crippen LogP contribution in [-0.2, 0) is 4.74 Å². The van der Waals surface area contributed by atoms with E-state index in [2.05, 4.69) is 16.0 Å². The first-order chi connectivity index (χ1) is 15.5. The summed E-state index contributed by atoms with van der Waals surface area (Å²) in [5.74, 6) is 0.446. The Morgan fingerprint density at radius 3 is 2.44 bits per heavy atom. The standard InChI is InChI=1S/C25H24FN3O3/c1-15-10-19(26)5-7-21(15)28-14-29(22-8-9-24(31-3)27-16(22)2)25(30)20-6-4-17(11-23(20)28)18-12-32-13-18/h4-11,18H,12-14H2,1-3H3. The minimum atomic E-state index is -0.285. The molecule has 2 aliphatic heterocycles. The maximum Gasteiger partial charge on any atom is 0.261 e. The number of ether oxygens (including phenoxy) is 2. The number of fused-ring (bicyclic) bond motifs is 1. The first-order valence-electron chi connectivity index (χ1n) is 10.5. The number of nitrogens with zero attached hydrogens (tertiary/aromatic N) is 3. The summed E-state index contributed by atoms with van der Waals surface area (Å²) in [5.41, 5.74) is 5.62. The van der Waals surface area contributed by atoms with Gasteiger partial charge in [-0.25, -0.2) is 9.37 Å². The maximum absolute atomic E-state index is 13.8. The van der Waals surface area contributed by atoms with E-state index in [1.807, 2.05) is 32.0 Å². The van der Waals surface area contributed by atoms with Crippen molar-refractivity contribution in [1.82, 2.24) is 4.98 Å². The fourth-order valence-electron chi connectivity index (χ4n) is 4.31. The quantitative estimate of drug-likeness (QED) is 0.596. The van der Waals surface area contributed by atoms with Crippen molar-refractivity contribution in [1.29, 1.82) is 0 Å². The largest absolute Gasteiger partial charge is 0.481 e. The Bertz CT molecular complexity index is 1210. The Labute approximate surface area is 186 Å². The summed E-state index contributed by atoms with van der Waals surface area (Å²) in [7, 11) is 1.56. The Hall–Kier alpha value is -3.45. The van der Waals surface area contributed by atoms with Crippen molar-refractivity contribution in [3.05, 3.63) is 76.7 Å². The molecule has 3 aromatic rings. The molecule has 0 unspecified atom stereocenters. The number of amides is 1. The van der Waals surface area contributed by atoms with Gasteiger partial charge in [0.15, 0.2) is 0 Å². The highest BCUT2D eigenvalue weighted by molar-refractivity contribution is 6.13. The molecule has 1 fully saturated rings. The summed E-state index contributed by atoms with van der Waals surface area (Å²) < 4.78 is 24.4. The normalized spacial score (nSPS) is 16.1. The lowest BCUT2D eigenvalue weighted by Gasteiger charge is -2.40. The molecule has 1 amide bonds. The van der Waals surface area contributed by atoms with Crippen LogP contribution in [0, 0.1) is 19.7 Å². The number of carbonyl (C=O) groups is 1. The number of anilines is 3. The molecule has 3 heterocycles. The van der Waals surface area contributed by atoms with Gasteiger partial charge < -0.3 is 14.4 Å². The molecule has 0 N–H and O–H groups in total. The van der Waals surface area contributed by atoms with Crippen LogP contribution in [-0.4, -0.2) is 37.9 Å². The number of aryl methyl sites for hydroxylation is 2. The van der Waals surface area contributed by atoms with E-state index in [1.54, 1.807) is 24.1 Å². The highest BCUT2D eigenvalue weighted by Crippen LogP contribution is 2.40. The van der Waals surface area contributed by atoms with E-state index in [9.17, 15) is 9.18 Å². The van der Waals surface area contributed by atoms with Gasteiger partial charge in [-0.1, -0.05) is 6.07 Å². The molecule has 7 heteroatoms. The predicted molar refractivity (Wildman–Crippen MR) is 120 cm³/mol. The molecule has 5 rings (SSSR count). The number of pyridine rings is 1. The van der Waals surface area contributed by atoms with Crippen molar-refractivity contribution in [2.45, 2.75) is 19.8 Å². The summed E-state index contributed by atoms with van der Waals surface area (Å²) in [5, 5.41) is 0. The molecule has 1 saturated heterocycles. The summed E-state index contributed by atoms with van der Waals surface area (Å²) in [6.07, 6.45) is 0. The van der Waals surface area contributed by atoms with Gasteiger partial charge in [0, 0.05) is 17.7 Å². The van der Waals surface area contributed by atoms with Crippen LogP contribution in [0.4, 0.5) is 21.5 Å². The van der Waals surface area contributed by atoms with Crippen LogP contribution in [0.3, 0.4) is 0 Å². The van der Waals surface area contributed by atoms with Gasteiger partial charge in [-0.3, -0.25) is 9.69 Å². The fraction of sp³-hybridized carbons (Fsp3) is 0.280. The molecule has 2 aromatic carbocycles. The molecule has 0 bridgehead atoms. The minimum Gasteiger partial charge on any atom is -0.481 e. The van der Waals surface area contributed by atoms with Crippen molar-refractivity contribution >= 4 is 23.0 Å². The second-order valence-electron chi connectivity index (χ2n) is 8.20. The lowest BCUT2D eigenvalue weighted by atomic mass is 9.94. The van der Waals surface area contributed by atoms with Gasteiger partial charge in [-0.15, -0.1) is 0 Å². The monoisotopic (exact) mass is 433 g/mol. The number of benzene rings is 2. The molecule has 6 nitrogen and oxygen atoms in total. The van der Waals surface area contributed by atoms with Gasteiger partial charge in [-0.05, 0) is 61.4 Å². The van der Waals surface area contributed by atoms with E-state index in [1.165, 1.54) is 12.1 Å². The number of rotatable bonds is 4. The molecule has 0 aliphatic carbocycles. The second kappa shape index (κ2) is 7.91. The number of halogens is 1. The van der Waals surface area contributed by atoms with Gasteiger partial charge in [-0.2, -0.15) is 0 Å². The summed E-state index contributed by atoms with van der Waals surface area (Å²) in [6, 6.07) is 14.3. The molecule has 0 radical (unpaired) electrons. The van der Waals surface area contributed by atoms with Crippen LogP contribution in [0.15, 0.2) is 48.5 Å². The summed E-state index contributed by atoms with van der Waals surface area (Å²) >= 11 is 0. The Morgan fingerprint density at radius 1 is 1.00 bits per heavy atom. The van der Waals surface area contributed by atoms with Crippen LogP contribution in [0.1, 0.15) is 33.1 Å². The molecule has 164 valence electrons. The van der Waals surface area contributed by atoms with Crippen LogP contribution in [0.25, 0.3) is 0 Å². The van der Waals surface area contributed by atoms with Gasteiger partial charge in [0.1, 0.15) is 12.5 Å². The highest BCUT2D eigenvalue weighted by Gasteiger charge is 2.34. The third-order valence-corrected chi connectivity index (χ3v) is 6.16. The molecule has 0 atom stereocenters. The second-order valence-corrected chi connectivity index (χ2v) is 8.20. The van der Waals surface area contributed by atoms with E-state index < -0.39 is 0 Å². The zero-order chi connectivity index (χ0) is 22.4. The fourth-order valence-corrected chi connectivity index (χ4v) is 4.31. The number of carbonyl (C=O) groups excluding carboxylic acids is 1. The number of hydrogen-bond acceptors (Lipinski definition) is 5. The number of aromatic nitrogens is 1. The predicted octanol–water partition coefficient (Wildman–Crippen LogP) is 4.72. The minimum absolute atomic E-state index is 0.0949. The maximum atomic E-state index is 13.8. The Balaban J connectivity index is 1.64. The third-order valence-electron chi connectivity index (χ3n) is 6.16. The van der Waals surface area contributed by atoms with Gasteiger partial charge in [0.2, 0.25) is 5.88 Å².